The lowest BCUT2D eigenvalue weighted by atomic mass is 9.93. The third-order valence-electron chi connectivity index (χ3n) is 6.05. The Hall–Kier alpha value is -4.06. The van der Waals surface area contributed by atoms with Crippen LogP contribution < -0.4 is 9.47 Å². The van der Waals surface area contributed by atoms with Gasteiger partial charge >= 0.3 is 0 Å². The molecule has 1 amide bonds. The predicted molar refractivity (Wildman–Crippen MR) is 130 cm³/mol. The summed E-state index contributed by atoms with van der Waals surface area (Å²) in [4.78, 5) is 28.0. The summed E-state index contributed by atoms with van der Waals surface area (Å²) in [6.45, 7) is 3.98. The number of ether oxygens (including phenoxy) is 2. The van der Waals surface area contributed by atoms with Crippen LogP contribution in [0.3, 0.4) is 0 Å². The van der Waals surface area contributed by atoms with Crippen LogP contribution >= 0.6 is 0 Å². The van der Waals surface area contributed by atoms with E-state index in [0.717, 1.165) is 22.3 Å². The van der Waals surface area contributed by atoms with Crippen molar-refractivity contribution >= 4 is 17.4 Å². The molecule has 3 aromatic carbocycles. The molecule has 0 aromatic heterocycles. The highest BCUT2D eigenvalue weighted by molar-refractivity contribution is 6.46. The number of hydrogen-bond acceptors (Lipinski definition) is 5. The van der Waals surface area contributed by atoms with E-state index in [0.29, 0.717) is 17.1 Å². The Kier molecular flexibility index (Phi) is 6.41. The van der Waals surface area contributed by atoms with E-state index in [4.69, 9.17) is 9.47 Å². The summed E-state index contributed by atoms with van der Waals surface area (Å²) >= 11 is 0. The molecule has 0 radical (unpaired) electrons. The molecule has 1 unspecified atom stereocenters. The Morgan fingerprint density at radius 3 is 2.24 bits per heavy atom. The van der Waals surface area contributed by atoms with Crippen molar-refractivity contribution in [3.63, 3.8) is 0 Å². The van der Waals surface area contributed by atoms with Crippen LogP contribution in [0.4, 0.5) is 0 Å². The zero-order valence-corrected chi connectivity index (χ0v) is 19.7. The highest BCUT2D eigenvalue weighted by Crippen LogP contribution is 2.42. The molecular weight excluding hydrogens is 430 g/mol. The molecule has 0 bridgehead atoms. The Morgan fingerprint density at radius 2 is 1.62 bits per heavy atom. The number of amides is 1. The zero-order chi connectivity index (χ0) is 24.4. The van der Waals surface area contributed by atoms with Crippen molar-refractivity contribution in [1.82, 2.24) is 4.90 Å². The monoisotopic (exact) mass is 457 g/mol. The van der Waals surface area contributed by atoms with Crippen LogP contribution in [0.15, 0.2) is 72.3 Å². The molecule has 0 saturated carbocycles. The molecule has 1 N–H and O–H groups in total. The predicted octanol–water partition coefficient (Wildman–Crippen LogP) is 4.94. The molecule has 34 heavy (non-hydrogen) atoms. The molecular formula is C28H27NO5. The molecule has 6 nitrogen and oxygen atoms in total. The fourth-order valence-electron chi connectivity index (χ4n) is 4.50. The van der Waals surface area contributed by atoms with Gasteiger partial charge in [0.25, 0.3) is 11.7 Å². The van der Waals surface area contributed by atoms with E-state index >= 15 is 0 Å². The zero-order valence-electron chi connectivity index (χ0n) is 19.7. The number of rotatable bonds is 6. The minimum atomic E-state index is -0.742. The standard InChI is InChI=1S/C28H27NO5/c1-17-14-18(2)27(34-4)22(15-17)25(30)23-24(20-8-6-5-7-9-20)29(28(32)26(23)31)16-19-10-12-21(33-3)13-11-19/h5-15,24,30H,16H2,1-4H3/b25-23+. The highest BCUT2D eigenvalue weighted by atomic mass is 16.5. The van der Waals surface area contributed by atoms with Crippen LogP contribution in [0.2, 0.25) is 0 Å². The van der Waals surface area contributed by atoms with E-state index in [1.165, 1.54) is 12.0 Å². The second kappa shape index (κ2) is 9.43. The smallest absolute Gasteiger partial charge is 0.295 e. The molecule has 1 heterocycles. The van der Waals surface area contributed by atoms with Crippen LogP contribution in [0.5, 0.6) is 11.5 Å². The Bertz CT molecular complexity index is 1260. The maximum absolute atomic E-state index is 13.3. The third kappa shape index (κ3) is 4.15. The minimum Gasteiger partial charge on any atom is -0.507 e. The first kappa shape index (κ1) is 23.1. The van der Waals surface area contributed by atoms with Gasteiger partial charge in [-0.25, -0.2) is 0 Å². The average Bonchev–Trinajstić information content (AvgIpc) is 3.09. The van der Waals surface area contributed by atoms with Gasteiger partial charge in [0, 0.05) is 6.54 Å². The number of likely N-dealkylation sites (tertiary alicyclic amines) is 1. The molecule has 3 aromatic rings. The Morgan fingerprint density at radius 1 is 0.941 bits per heavy atom. The van der Waals surface area contributed by atoms with Crippen LogP contribution in [0, 0.1) is 13.8 Å². The van der Waals surface area contributed by atoms with E-state index < -0.39 is 17.7 Å². The van der Waals surface area contributed by atoms with Crippen LogP contribution in [0.1, 0.15) is 33.9 Å². The topological polar surface area (TPSA) is 76.1 Å². The quantitative estimate of drug-likeness (QED) is 0.322. The fraction of sp³-hybridized carbons (Fsp3) is 0.214. The first-order valence-corrected chi connectivity index (χ1v) is 11.0. The lowest BCUT2D eigenvalue weighted by molar-refractivity contribution is -0.140. The Balaban J connectivity index is 1.88. The molecule has 6 heteroatoms. The molecule has 1 fully saturated rings. The molecule has 1 saturated heterocycles. The van der Waals surface area contributed by atoms with Gasteiger partial charge in [-0.05, 0) is 54.3 Å². The molecule has 0 aliphatic carbocycles. The number of carbonyl (C=O) groups is 2. The number of aliphatic hydroxyl groups excluding tert-OH is 1. The summed E-state index contributed by atoms with van der Waals surface area (Å²) < 4.78 is 10.8. The molecule has 1 aliphatic rings. The maximum Gasteiger partial charge on any atom is 0.295 e. The second-order valence-electron chi connectivity index (χ2n) is 8.35. The summed E-state index contributed by atoms with van der Waals surface area (Å²) in [5.41, 5.74) is 3.75. The van der Waals surface area contributed by atoms with Crippen molar-refractivity contribution in [1.29, 1.82) is 0 Å². The fourth-order valence-corrected chi connectivity index (χ4v) is 4.50. The minimum absolute atomic E-state index is 0.0491. The highest BCUT2D eigenvalue weighted by Gasteiger charge is 2.46. The molecule has 1 aliphatic heterocycles. The van der Waals surface area contributed by atoms with Crippen molar-refractivity contribution in [2.75, 3.05) is 14.2 Å². The van der Waals surface area contributed by atoms with Crippen LogP contribution in [-0.4, -0.2) is 35.9 Å². The van der Waals surface area contributed by atoms with Gasteiger partial charge in [-0.2, -0.15) is 0 Å². The lowest BCUT2D eigenvalue weighted by Gasteiger charge is -2.25. The number of ketones is 1. The summed E-state index contributed by atoms with van der Waals surface area (Å²) in [6, 6.07) is 19.6. The number of aryl methyl sites for hydroxylation is 2. The second-order valence-corrected chi connectivity index (χ2v) is 8.35. The average molecular weight is 458 g/mol. The van der Waals surface area contributed by atoms with Gasteiger partial charge in [0.05, 0.1) is 31.4 Å². The number of carbonyl (C=O) groups excluding carboxylic acids is 2. The molecule has 0 spiro atoms. The van der Waals surface area contributed by atoms with Gasteiger partial charge in [0.1, 0.15) is 17.3 Å². The van der Waals surface area contributed by atoms with Gasteiger partial charge in [-0.1, -0.05) is 48.5 Å². The van der Waals surface area contributed by atoms with Gasteiger partial charge < -0.3 is 19.5 Å². The van der Waals surface area contributed by atoms with Crippen LogP contribution in [0.25, 0.3) is 5.76 Å². The number of methoxy groups -OCH3 is 2. The third-order valence-corrected chi connectivity index (χ3v) is 6.05. The SMILES string of the molecule is COc1ccc(CN2C(=O)C(=O)/C(=C(/O)c3cc(C)cc(C)c3OC)C2c2ccccc2)cc1. The number of nitrogens with zero attached hydrogens (tertiary/aromatic N) is 1. The summed E-state index contributed by atoms with van der Waals surface area (Å²) in [6.07, 6.45) is 0. The number of benzene rings is 3. The number of Topliss-reactive ketones (excluding diaryl/α,β-unsaturated/α-hetero) is 1. The molecule has 4 rings (SSSR count). The van der Waals surface area contributed by atoms with Crippen molar-refractivity contribution in [3.8, 4) is 11.5 Å². The van der Waals surface area contributed by atoms with Gasteiger partial charge in [0.15, 0.2) is 0 Å². The van der Waals surface area contributed by atoms with E-state index in [1.807, 2.05) is 74.5 Å². The Labute approximate surface area is 199 Å². The summed E-state index contributed by atoms with van der Waals surface area (Å²) in [5, 5.41) is 11.4. The van der Waals surface area contributed by atoms with Gasteiger partial charge in [-0.3, -0.25) is 9.59 Å². The van der Waals surface area contributed by atoms with E-state index in [2.05, 4.69) is 0 Å². The molecule has 1 atom stereocenters. The summed E-state index contributed by atoms with van der Waals surface area (Å²) in [7, 11) is 3.11. The van der Waals surface area contributed by atoms with Crippen molar-refractivity contribution < 1.29 is 24.2 Å². The van der Waals surface area contributed by atoms with E-state index in [1.54, 1.807) is 13.2 Å². The van der Waals surface area contributed by atoms with Crippen molar-refractivity contribution in [2.45, 2.75) is 26.4 Å². The van der Waals surface area contributed by atoms with E-state index in [-0.39, 0.29) is 17.9 Å². The number of hydrogen-bond donors (Lipinski definition) is 1. The normalized spacial score (nSPS) is 17.2. The number of aliphatic hydroxyl groups is 1. The maximum atomic E-state index is 13.3. The van der Waals surface area contributed by atoms with E-state index in [9.17, 15) is 14.7 Å². The van der Waals surface area contributed by atoms with Gasteiger partial charge in [0.2, 0.25) is 0 Å². The first-order chi connectivity index (χ1) is 16.3. The summed E-state index contributed by atoms with van der Waals surface area (Å²) in [5.74, 6) is -0.452. The first-order valence-electron chi connectivity index (χ1n) is 11.0. The lowest BCUT2D eigenvalue weighted by Crippen LogP contribution is -2.29. The van der Waals surface area contributed by atoms with Gasteiger partial charge in [-0.15, -0.1) is 0 Å². The van der Waals surface area contributed by atoms with Crippen molar-refractivity contribution in [3.05, 3.63) is 100 Å². The molecule has 174 valence electrons. The van der Waals surface area contributed by atoms with Crippen molar-refractivity contribution in [2.24, 2.45) is 0 Å². The largest absolute Gasteiger partial charge is 0.507 e. The van der Waals surface area contributed by atoms with Crippen LogP contribution in [-0.2, 0) is 16.1 Å².